The van der Waals surface area contributed by atoms with Crippen molar-refractivity contribution in [3.63, 3.8) is 0 Å². The van der Waals surface area contributed by atoms with Gasteiger partial charge in [-0.1, -0.05) is 24.3 Å². The monoisotopic (exact) mass is 254 g/mol. The third-order valence-electron chi connectivity index (χ3n) is 3.22. The first-order chi connectivity index (χ1) is 9.24. The number of carbonyl (C=O) groups is 1. The number of nitrogens with zero attached hydrogens (tertiary/aromatic N) is 1. The average Bonchev–Trinajstić information content (AvgIpc) is 2.39. The molecule has 0 saturated heterocycles. The molecule has 3 rings (SSSR count). The van der Waals surface area contributed by atoms with Gasteiger partial charge in [-0.2, -0.15) is 0 Å². The minimum Gasteiger partial charge on any atom is -0.481 e. The zero-order chi connectivity index (χ0) is 13.2. The second-order valence-electron chi connectivity index (χ2n) is 4.61. The molecular weight excluding hydrogens is 240 g/mol. The Hall–Kier alpha value is -2.36. The molecule has 0 fully saturated rings. The quantitative estimate of drug-likeness (QED) is 0.877. The summed E-state index contributed by atoms with van der Waals surface area (Å²) in [6.07, 6.45) is 1.42. The number of nitrogens with one attached hydrogen (secondary N) is 1. The van der Waals surface area contributed by atoms with E-state index < -0.39 is 5.97 Å². The van der Waals surface area contributed by atoms with Crippen molar-refractivity contribution < 1.29 is 9.90 Å². The fourth-order valence-corrected chi connectivity index (χ4v) is 2.37. The third kappa shape index (κ3) is 2.29. The molecule has 0 aliphatic carbocycles. The summed E-state index contributed by atoms with van der Waals surface area (Å²) in [7, 11) is 0. The first-order valence-corrected chi connectivity index (χ1v) is 6.32. The summed E-state index contributed by atoms with van der Waals surface area (Å²) in [6.45, 7) is 0. The summed E-state index contributed by atoms with van der Waals surface area (Å²) >= 11 is 0. The highest BCUT2D eigenvalue weighted by atomic mass is 16.4. The minimum absolute atomic E-state index is 0.173. The van der Waals surface area contributed by atoms with Gasteiger partial charge in [0.2, 0.25) is 0 Å². The smallest absolute Gasteiger partial charge is 0.303 e. The van der Waals surface area contributed by atoms with Gasteiger partial charge in [0.1, 0.15) is 5.84 Å². The van der Waals surface area contributed by atoms with Crippen LogP contribution in [0.1, 0.15) is 19.3 Å². The molecule has 19 heavy (non-hydrogen) atoms. The predicted molar refractivity (Wildman–Crippen MR) is 76.2 cm³/mol. The molecule has 1 aliphatic rings. The number of anilines is 1. The first-order valence-electron chi connectivity index (χ1n) is 6.32. The second kappa shape index (κ2) is 4.72. The van der Waals surface area contributed by atoms with Crippen LogP contribution in [0.5, 0.6) is 0 Å². The number of carboxylic acids is 1. The largest absolute Gasteiger partial charge is 0.481 e. The summed E-state index contributed by atoms with van der Waals surface area (Å²) in [4.78, 5) is 15.1. The van der Waals surface area contributed by atoms with Crippen LogP contribution in [0.2, 0.25) is 0 Å². The van der Waals surface area contributed by atoms with E-state index in [0.717, 1.165) is 28.0 Å². The maximum Gasteiger partial charge on any atom is 0.303 e. The van der Waals surface area contributed by atoms with E-state index in [2.05, 4.69) is 22.4 Å². The maximum absolute atomic E-state index is 10.5. The summed E-state index contributed by atoms with van der Waals surface area (Å²) in [6, 6.07) is 12.1. The molecular formula is C15H14N2O2. The molecule has 4 heteroatoms. The van der Waals surface area contributed by atoms with E-state index in [4.69, 9.17) is 5.11 Å². The molecule has 0 bridgehead atoms. The summed E-state index contributed by atoms with van der Waals surface area (Å²) in [5.74, 6) is 0.0753. The van der Waals surface area contributed by atoms with E-state index >= 15 is 0 Å². The van der Waals surface area contributed by atoms with Crippen molar-refractivity contribution in [1.82, 2.24) is 0 Å². The van der Waals surface area contributed by atoms with Gasteiger partial charge in [0.05, 0.1) is 5.69 Å². The molecule has 0 spiro atoms. The SMILES string of the molecule is O=C(O)CCCC1=Nc2cccc3cccc(c23)N1. The lowest BCUT2D eigenvalue weighted by Gasteiger charge is -2.18. The van der Waals surface area contributed by atoms with Crippen molar-refractivity contribution in [1.29, 1.82) is 0 Å². The number of hydrogen-bond acceptors (Lipinski definition) is 3. The number of aliphatic carboxylic acids is 1. The topological polar surface area (TPSA) is 61.7 Å². The molecule has 4 nitrogen and oxygen atoms in total. The van der Waals surface area contributed by atoms with Crippen LogP contribution in [-0.4, -0.2) is 16.9 Å². The normalized spacial score (nSPS) is 12.9. The Balaban J connectivity index is 1.90. The Morgan fingerprint density at radius 2 is 2.00 bits per heavy atom. The molecule has 2 aromatic carbocycles. The molecule has 0 atom stereocenters. The summed E-state index contributed by atoms with van der Waals surface area (Å²) in [5.41, 5.74) is 2.01. The van der Waals surface area contributed by atoms with Gasteiger partial charge in [0.15, 0.2) is 0 Å². The van der Waals surface area contributed by atoms with E-state index in [-0.39, 0.29) is 6.42 Å². The molecule has 0 radical (unpaired) electrons. The molecule has 1 aliphatic heterocycles. The van der Waals surface area contributed by atoms with Crippen LogP contribution in [0.25, 0.3) is 10.8 Å². The van der Waals surface area contributed by atoms with Gasteiger partial charge in [-0.05, 0) is 23.9 Å². The number of benzene rings is 2. The van der Waals surface area contributed by atoms with Gasteiger partial charge in [-0.3, -0.25) is 4.79 Å². The van der Waals surface area contributed by atoms with Gasteiger partial charge < -0.3 is 10.4 Å². The highest BCUT2D eigenvalue weighted by Gasteiger charge is 2.13. The van der Waals surface area contributed by atoms with Gasteiger partial charge in [0.25, 0.3) is 0 Å². The van der Waals surface area contributed by atoms with E-state index in [1.807, 2.05) is 24.3 Å². The van der Waals surface area contributed by atoms with Crippen LogP contribution < -0.4 is 5.32 Å². The van der Waals surface area contributed by atoms with Crippen molar-refractivity contribution in [3.8, 4) is 0 Å². The van der Waals surface area contributed by atoms with Crippen LogP contribution >= 0.6 is 0 Å². The number of carboxylic acid groups (broad SMARTS) is 1. The summed E-state index contributed by atoms with van der Waals surface area (Å²) < 4.78 is 0. The number of aliphatic imine (C=N–C) groups is 1. The Morgan fingerprint density at radius 3 is 2.79 bits per heavy atom. The van der Waals surface area contributed by atoms with E-state index in [0.29, 0.717) is 12.8 Å². The Labute approximate surface area is 110 Å². The Morgan fingerprint density at radius 1 is 1.21 bits per heavy atom. The number of rotatable bonds is 4. The highest BCUT2D eigenvalue weighted by Crippen LogP contribution is 2.35. The zero-order valence-corrected chi connectivity index (χ0v) is 10.4. The molecule has 0 amide bonds. The van der Waals surface area contributed by atoms with E-state index in [1.165, 1.54) is 0 Å². The van der Waals surface area contributed by atoms with Crippen LogP contribution in [0, 0.1) is 0 Å². The highest BCUT2D eigenvalue weighted by molar-refractivity contribution is 6.13. The lowest BCUT2D eigenvalue weighted by molar-refractivity contribution is -0.137. The van der Waals surface area contributed by atoms with Crippen LogP contribution in [0.15, 0.2) is 41.4 Å². The lowest BCUT2D eigenvalue weighted by Crippen LogP contribution is -2.15. The minimum atomic E-state index is -0.765. The first kappa shape index (κ1) is 11.7. The molecule has 1 heterocycles. The zero-order valence-electron chi connectivity index (χ0n) is 10.4. The van der Waals surface area contributed by atoms with Crippen LogP contribution in [-0.2, 0) is 4.79 Å². The van der Waals surface area contributed by atoms with Gasteiger partial charge in [0, 0.05) is 23.9 Å². The number of amidine groups is 1. The van der Waals surface area contributed by atoms with Gasteiger partial charge in [-0.25, -0.2) is 4.99 Å². The van der Waals surface area contributed by atoms with Crippen molar-refractivity contribution in [2.24, 2.45) is 4.99 Å². The van der Waals surface area contributed by atoms with E-state index in [1.54, 1.807) is 0 Å². The molecule has 0 saturated carbocycles. The van der Waals surface area contributed by atoms with Crippen molar-refractivity contribution >= 4 is 34.0 Å². The second-order valence-corrected chi connectivity index (χ2v) is 4.61. The average molecular weight is 254 g/mol. The van der Waals surface area contributed by atoms with Gasteiger partial charge >= 0.3 is 5.97 Å². The molecule has 0 aromatic heterocycles. The Kier molecular flexibility index (Phi) is 2.91. The standard InChI is InChI=1S/C15H14N2O2/c18-14(19)9-3-8-13-16-11-6-1-4-10-5-2-7-12(17-13)15(10)11/h1-2,4-7H,3,8-9H2,(H,16,17)(H,18,19). The van der Waals surface area contributed by atoms with Crippen molar-refractivity contribution in [2.45, 2.75) is 19.3 Å². The van der Waals surface area contributed by atoms with Gasteiger partial charge in [-0.15, -0.1) is 0 Å². The fraction of sp³-hybridized carbons (Fsp3) is 0.200. The maximum atomic E-state index is 10.5. The third-order valence-corrected chi connectivity index (χ3v) is 3.22. The molecule has 2 N–H and O–H groups in total. The fourth-order valence-electron chi connectivity index (χ4n) is 2.37. The molecule has 2 aromatic rings. The van der Waals surface area contributed by atoms with Crippen LogP contribution in [0.3, 0.4) is 0 Å². The lowest BCUT2D eigenvalue weighted by atomic mass is 10.0. The summed E-state index contributed by atoms with van der Waals surface area (Å²) in [5, 5.41) is 14.2. The van der Waals surface area contributed by atoms with Crippen molar-refractivity contribution in [3.05, 3.63) is 36.4 Å². The Bertz CT molecular complexity index is 672. The van der Waals surface area contributed by atoms with Crippen molar-refractivity contribution in [2.75, 3.05) is 5.32 Å². The molecule has 96 valence electrons. The number of hydrogen-bond donors (Lipinski definition) is 2. The predicted octanol–water partition coefficient (Wildman–Crippen LogP) is 3.55. The van der Waals surface area contributed by atoms with Crippen LogP contribution in [0.4, 0.5) is 11.4 Å². The van der Waals surface area contributed by atoms with E-state index in [9.17, 15) is 4.79 Å². The molecule has 0 unspecified atom stereocenters.